The maximum Gasteiger partial charge on any atom is 0.118 e. The van der Waals surface area contributed by atoms with Crippen LogP contribution in [-0.2, 0) is 9.47 Å². The number of halogens is 2. The molecule has 4 heteroatoms. The summed E-state index contributed by atoms with van der Waals surface area (Å²) in [6.45, 7) is 1.76. The number of hydrogen-bond acceptors (Lipinski definition) is 2. The first-order chi connectivity index (χ1) is 4.83. The van der Waals surface area contributed by atoms with Crippen molar-refractivity contribution in [2.45, 2.75) is 5.60 Å². The first kappa shape index (κ1) is 8.60. The number of ether oxygens (including phenoxy) is 2. The Bertz CT molecular complexity index is 95.9. The summed E-state index contributed by atoms with van der Waals surface area (Å²) in [5.41, 5.74) is -0.429. The Morgan fingerprint density at radius 3 is 2.20 bits per heavy atom. The summed E-state index contributed by atoms with van der Waals surface area (Å²) in [5.74, 6) is 0.799. The molecule has 1 heterocycles. The minimum Gasteiger partial charge on any atom is -0.376 e. The molecule has 0 N–H and O–H groups in total. The summed E-state index contributed by atoms with van der Waals surface area (Å²) in [4.78, 5) is 0. The standard InChI is InChI=1S/C6H10Cl2O2/c7-3-6(4-8)5-9-1-2-10-6/h1-5H2. The molecule has 0 aliphatic carbocycles. The van der Waals surface area contributed by atoms with Gasteiger partial charge in [0.1, 0.15) is 5.60 Å². The van der Waals surface area contributed by atoms with Crippen molar-refractivity contribution in [3.05, 3.63) is 0 Å². The van der Waals surface area contributed by atoms with E-state index in [1.807, 2.05) is 0 Å². The van der Waals surface area contributed by atoms with E-state index in [1.54, 1.807) is 0 Å². The SMILES string of the molecule is ClCC1(CCl)COCCO1. The summed E-state index contributed by atoms with van der Waals surface area (Å²) < 4.78 is 10.5. The fourth-order valence-electron chi connectivity index (χ4n) is 0.807. The highest BCUT2D eigenvalue weighted by Gasteiger charge is 2.32. The van der Waals surface area contributed by atoms with Gasteiger partial charge < -0.3 is 9.47 Å². The summed E-state index contributed by atoms with van der Waals surface area (Å²) in [6.07, 6.45) is 0. The van der Waals surface area contributed by atoms with Crippen molar-refractivity contribution in [1.82, 2.24) is 0 Å². The van der Waals surface area contributed by atoms with Crippen LogP contribution in [0.5, 0.6) is 0 Å². The van der Waals surface area contributed by atoms with Crippen molar-refractivity contribution in [1.29, 1.82) is 0 Å². The van der Waals surface area contributed by atoms with E-state index in [2.05, 4.69) is 0 Å². The van der Waals surface area contributed by atoms with Crippen LogP contribution in [-0.4, -0.2) is 37.2 Å². The Kier molecular flexibility index (Phi) is 3.24. The van der Waals surface area contributed by atoms with E-state index in [0.29, 0.717) is 31.6 Å². The maximum absolute atomic E-state index is 5.65. The van der Waals surface area contributed by atoms with Gasteiger partial charge in [0.05, 0.1) is 31.6 Å². The molecule has 10 heavy (non-hydrogen) atoms. The predicted octanol–water partition coefficient (Wildman–Crippen LogP) is 1.25. The molecule has 0 aromatic rings. The summed E-state index contributed by atoms with van der Waals surface area (Å²) in [5, 5.41) is 0. The molecule has 1 fully saturated rings. The molecule has 0 aromatic heterocycles. The molecule has 0 unspecified atom stereocenters. The lowest BCUT2D eigenvalue weighted by Gasteiger charge is -2.33. The van der Waals surface area contributed by atoms with Crippen LogP contribution >= 0.6 is 23.2 Å². The molecular formula is C6H10Cl2O2. The van der Waals surface area contributed by atoms with Crippen molar-refractivity contribution in [2.75, 3.05) is 31.6 Å². The lowest BCUT2D eigenvalue weighted by molar-refractivity contribution is -0.133. The molecule has 1 aliphatic rings. The predicted molar refractivity (Wildman–Crippen MR) is 40.9 cm³/mol. The summed E-state index contributed by atoms with van der Waals surface area (Å²) in [7, 11) is 0. The van der Waals surface area contributed by atoms with Gasteiger partial charge in [0.25, 0.3) is 0 Å². The van der Waals surface area contributed by atoms with E-state index >= 15 is 0 Å². The molecular weight excluding hydrogens is 175 g/mol. The van der Waals surface area contributed by atoms with Gasteiger partial charge in [-0.15, -0.1) is 23.2 Å². The van der Waals surface area contributed by atoms with Crippen molar-refractivity contribution in [2.24, 2.45) is 0 Å². The van der Waals surface area contributed by atoms with Crippen molar-refractivity contribution >= 4 is 23.2 Å². The Labute approximate surface area is 70.4 Å². The molecule has 0 bridgehead atoms. The van der Waals surface area contributed by atoms with Gasteiger partial charge >= 0.3 is 0 Å². The molecule has 2 nitrogen and oxygen atoms in total. The van der Waals surface area contributed by atoms with E-state index in [1.165, 1.54) is 0 Å². The third-order valence-corrected chi connectivity index (χ3v) is 2.46. The Morgan fingerprint density at radius 1 is 1.20 bits per heavy atom. The molecule has 1 saturated heterocycles. The fourth-order valence-corrected chi connectivity index (χ4v) is 1.40. The first-order valence-electron chi connectivity index (χ1n) is 3.17. The van der Waals surface area contributed by atoms with Crippen LogP contribution in [0.15, 0.2) is 0 Å². The van der Waals surface area contributed by atoms with Crippen molar-refractivity contribution in [3.8, 4) is 0 Å². The zero-order chi connectivity index (χ0) is 7.45. The largest absolute Gasteiger partial charge is 0.376 e. The average Bonchev–Trinajstić information content (AvgIpc) is 2.06. The van der Waals surface area contributed by atoms with Crippen LogP contribution < -0.4 is 0 Å². The average molecular weight is 185 g/mol. The van der Waals surface area contributed by atoms with Gasteiger partial charge in [0, 0.05) is 0 Å². The van der Waals surface area contributed by atoms with Crippen molar-refractivity contribution < 1.29 is 9.47 Å². The van der Waals surface area contributed by atoms with Crippen LogP contribution in [0, 0.1) is 0 Å². The molecule has 0 atom stereocenters. The number of hydrogen-bond donors (Lipinski definition) is 0. The van der Waals surface area contributed by atoms with Gasteiger partial charge in [-0.05, 0) is 0 Å². The van der Waals surface area contributed by atoms with Gasteiger partial charge in [-0.1, -0.05) is 0 Å². The van der Waals surface area contributed by atoms with Crippen LogP contribution in [0.4, 0.5) is 0 Å². The summed E-state index contributed by atoms with van der Waals surface area (Å²) in [6, 6.07) is 0. The first-order valence-corrected chi connectivity index (χ1v) is 4.23. The van der Waals surface area contributed by atoms with E-state index < -0.39 is 5.60 Å². The Balaban J connectivity index is 2.44. The Morgan fingerprint density at radius 2 is 1.90 bits per heavy atom. The monoisotopic (exact) mass is 184 g/mol. The molecule has 0 radical (unpaired) electrons. The van der Waals surface area contributed by atoms with Gasteiger partial charge in [0.2, 0.25) is 0 Å². The molecule has 1 aliphatic heterocycles. The Hall–Kier alpha value is 0.500. The molecule has 60 valence electrons. The smallest absolute Gasteiger partial charge is 0.118 e. The molecule has 0 amide bonds. The van der Waals surface area contributed by atoms with Crippen LogP contribution in [0.2, 0.25) is 0 Å². The van der Waals surface area contributed by atoms with E-state index in [-0.39, 0.29) is 0 Å². The minimum atomic E-state index is -0.429. The molecule has 1 rings (SSSR count). The van der Waals surface area contributed by atoms with E-state index in [9.17, 15) is 0 Å². The highest BCUT2D eigenvalue weighted by atomic mass is 35.5. The van der Waals surface area contributed by atoms with Gasteiger partial charge in [-0.3, -0.25) is 0 Å². The number of rotatable bonds is 2. The normalized spacial score (nSPS) is 24.6. The van der Waals surface area contributed by atoms with Gasteiger partial charge in [-0.2, -0.15) is 0 Å². The topological polar surface area (TPSA) is 18.5 Å². The lowest BCUT2D eigenvalue weighted by Crippen LogP contribution is -2.46. The second kappa shape index (κ2) is 3.77. The fraction of sp³-hybridized carbons (Fsp3) is 1.00. The zero-order valence-corrected chi connectivity index (χ0v) is 7.12. The van der Waals surface area contributed by atoms with Gasteiger partial charge in [0.15, 0.2) is 0 Å². The number of alkyl halides is 2. The zero-order valence-electron chi connectivity index (χ0n) is 5.61. The van der Waals surface area contributed by atoms with E-state index in [4.69, 9.17) is 32.7 Å². The molecule has 0 spiro atoms. The highest BCUT2D eigenvalue weighted by molar-refractivity contribution is 6.21. The third-order valence-electron chi connectivity index (χ3n) is 1.49. The van der Waals surface area contributed by atoms with Gasteiger partial charge in [-0.25, -0.2) is 0 Å². The minimum absolute atomic E-state index is 0.399. The maximum atomic E-state index is 5.65. The quantitative estimate of drug-likeness (QED) is 0.602. The second-order valence-electron chi connectivity index (χ2n) is 2.35. The van der Waals surface area contributed by atoms with Crippen molar-refractivity contribution in [3.63, 3.8) is 0 Å². The molecule has 0 saturated carbocycles. The lowest BCUT2D eigenvalue weighted by atomic mass is 10.1. The second-order valence-corrected chi connectivity index (χ2v) is 2.89. The van der Waals surface area contributed by atoms with E-state index in [0.717, 1.165) is 0 Å². The summed E-state index contributed by atoms with van der Waals surface area (Å²) >= 11 is 11.3. The van der Waals surface area contributed by atoms with Crippen LogP contribution in [0.1, 0.15) is 0 Å². The van der Waals surface area contributed by atoms with Crippen LogP contribution in [0.25, 0.3) is 0 Å². The third kappa shape index (κ3) is 1.76. The molecule has 0 aromatic carbocycles. The highest BCUT2D eigenvalue weighted by Crippen LogP contribution is 2.19. The van der Waals surface area contributed by atoms with Crippen LogP contribution in [0.3, 0.4) is 0 Å².